The molecular formula is C22H26N2O5. The number of rotatable bonds is 7. The average molecular weight is 398 g/mol. The Morgan fingerprint density at radius 1 is 0.966 bits per heavy atom. The maximum absolute atomic E-state index is 12.5. The Balaban J connectivity index is 2.13. The second kappa shape index (κ2) is 9.84. The molecule has 0 radical (unpaired) electrons. The van der Waals surface area contributed by atoms with E-state index in [0.29, 0.717) is 6.54 Å². The molecule has 29 heavy (non-hydrogen) atoms. The number of aryl methyl sites for hydroxylation is 2. The van der Waals surface area contributed by atoms with Crippen LogP contribution in [-0.2, 0) is 20.8 Å². The van der Waals surface area contributed by atoms with Crippen molar-refractivity contribution in [3.63, 3.8) is 0 Å². The molecule has 7 nitrogen and oxygen atoms in total. The number of carbonyl (C=O) groups excluding carboxylic acids is 3. The normalized spacial score (nSPS) is 10.6. The van der Waals surface area contributed by atoms with Crippen molar-refractivity contribution in [1.82, 2.24) is 4.90 Å². The van der Waals surface area contributed by atoms with Crippen molar-refractivity contribution in [2.75, 3.05) is 33.1 Å². The fourth-order valence-corrected chi connectivity index (χ4v) is 2.99. The monoisotopic (exact) mass is 398 g/mol. The molecule has 0 saturated carbocycles. The molecule has 0 atom stereocenters. The lowest BCUT2D eigenvalue weighted by atomic mass is 10.1. The van der Waals surface area contributed by atoms with Gasteiger partial charge in [-0.2, -0.15) is 0 Å². The van der Waals surface area contributed by atoms with E-state index in [-0.39, 0.29) is 29.3 Å². The van der Waals surface area contributed by atoms with Gasteiger partial charge < -0.3 is 14.8 Å². The predicted octanol–water partition coefficient (Wildman–Crippen LogP) is 2.95. The number of methoxy groups -OCH3 is 2. The third kappa shape index (κ3) is 5.89. The molecule has 0 spiro atoms. The summed E-state index contributed by atoms with van der Waals surface area (Å²) in [4.78, 5) is 38.2. The first-order valence-corrected chi connectivity index (χ1v) is 9.10. The lowest BCUT2D eigenvalue weighted by molar-refractivity contribution is -0.117. The van der Waals surface area contributed by atoms with Crippen LogP contribution in [-0.4, -0.2) is 50.6 Å². The van der Waals surface area contributed by atoms with Crippen molar-refractivity contribution in [3.8, 4) is 0 Å². The number of hydrogen-bond donors (Lipinski definition) is 1. The minimum Gasteiger partial charge on any atom is -0.465 e. The highest BCUT2D eigenvalue weighted by Crippen LogP contribution is 2.20. The van der Waals surface area contributed by atoms with Crippen molar-refractivity contribution in [2.45, 2.75) is 20.4 Å². The highest BCUT2D eigenvalue weighted by Gasteiger charge is 2.18. The van der Waals surface area contributed by atoms with Gasteiger partial charge in [0.2, 0.25) is 5.91 Å². The summed E-state index contributed by atoms with van der Waals surface area (Å²) < 4.78 is 9.45. The van der Waals surface area contributed by atoms with Gasteiger partial charge in [-0.25, -0.2) is 9.59 Å². The number of hydrogen-bond acceptors (Lipinski definition) is 6. The van der Waals surface area contributed by atoms with E-state index in [2.05, 4.69) is 11.4 Å². The lowest BCUT2D eigenvalue weighted by Crippen LogP contribution is -2.30. The van der Waals surface area contributed by atoms with Crippen molar-refractivity contribution >= 4 is 23.5 Å². The SMILES string of the molecule is COC(=O)c1ccc(C(=O)OC)c(NC(=O)CN(C)Cc2ccc(C)cc2C)c1. The molecule has 1 amide bonds. The largest absolute Gasteiger partial charge is 0.465 e. The molecule has 0 bridgehead atoms. The molecule has 2 aromatic rings. The number of ether oxygens (including phenoxy) is 2. The highest BCUT2D eigenvalue weighted by atomic mass is 16.5. The summed E-state index contributed by atoms with van der Waals surface area (Å²) in [6.07, 6.45) is 0. The molecule has 0 aliphatic carbocycles. The van der Waals surface area contributed by atoms with Gasteiger partial charge in [0.05, 0.1) is 37.6 Å². The number of carbonyl (C=O) groups is 3. The first-order valence-electron chi connectivity index (χ1n) is 9.10. The van der Waals surface area contributed by atoms with E-state index in [1.807, 2.05) is 37.9 Å². The smallest absolute Gasteiger partial charge is 0.339 e. The van der Waals surface area contributed by atoms with Crippen molar-refractivity contribution in [3.05, 3.63) is 64.2 Å². The van der Waals surface area contributed by atoms with Crippen LogP contribution in [0, 0.1) is 13.8 Å². The van der Waals surface area contributed by atoms with Crippen molar-refractivity contribution in [1.29, 1.82) is 0 Å². The van der Waals surface area contributed by atoms with E-state index in [1.165, 1.54) is 38.0 Å². The summed E-state index contributed by atoms with van der Waals surface area (Å²) in [6, 6.07) is 10.5. The first-order chi connectivity index (χ1) is 13.7. The average Bonchev–Trinajstić information content (AvgIpc) is 2.68. The molecule has 7 heteroatoms. The lowest BCUT2D eigenvalue weighted by Gasteiger charge is -2.18. The standard InChI is InChI=1S/C22H26N2O5/c1-14-6-7-17(15(2)10-14)12-24(3)13-20(25)23-19-11-16(21(26)28-4)8-9-18(19)22(27)29-5/h6-11H,12-13H2,1-5H3,(H,23,25). The summed E-state index contributed by atoms with van der Waals surface area (Å²) in [5, 5.41) is 2.70. The number of likely N-dealkylation sites (N-methyl/N-ethyl adjacent to an activating group) is 1. The summed E-state index contributed by atoms with van der Waals surface area (Å²) in [6.45, 7) is 4.79. The van der Waals surface area contributed by atoms with Crippen molar-refractivity contribution < 1.29 is 23.9 Å². The Labute approximate surface area is 170 Å². The molecule has 0 aliphatic rings. The minimum absolute atomic E-state index is 0.108. The first kappa shape index (κ1) is 22.1. The van der Waals surface area contributed by atoms with E-state index in [9.17, 15) is 14.4 Å². The van der Waals surface area contributed by atoms with Gasteiger partial charge in [0.1, 0.15) is 0 Å². The summed E-state index contributed by atoms with van der Waals surface area (Å²) in [7, 11) is 4.35. The number of nitrogens with zero attached hydrogens (tertiary/aromatic N) is 1. The number of anilines is 1. The zero-order valence-corrected chi connectivity index (χ0v) is 17.4. The van der Waals surface area contributed by atoms with Crippen molar-refractivity contribution in [2.24, 2.45) is 0 Å². The predicted molar refractivity (Wildman–Crippen MR) is 110 cm³/mol. The van der Waals surface area contributed by atoms with Crippen LogP contribution in [0.15, 0.2) is 36.4 Å². The maximum Gasteiger partial charge on any atom is 0.339 e. The van der Waals surface area contributed by atoms with E-state index >= 15 is 0 Å². The number of esters is 2. The molecule has 0 aliphatic heterocycles. The summed E-state index contributed by atoms with van der Waals surface area (Å²) >= 11 is 0. The molecule has 0 saturated heterocycles. The van der Waals surface area contributed by atoms with Gasteiger partial charge in [-0.05, 0) is 50.2 Å². The van der Waals surface area contributed by atoms with E-state index in [1.54, 1.807) is 0 Å². The van der Waals surface area contributed by atoms with Crippen LogP contribution in [0.25, 0.3) is 0 Å². The zero-order chi connectivity index (χ0) is 21.6. The Kier molecular flexibility index (Phi) is 7.50. The molecule has 0 fully saturated rings. The number of amides is 1. The van der Waals surface area contributed by atoms with E-state index < -0.39 is 11.9 Å². The Bertz CT molecular complexity index is 923. The highest BCUT2D eigenvalue weighted by molar-refractivity contribution is 6.03. The van der Waals surface area contributed by atoms with Crippen LogP contribution in [0.2, 0.25) is 0 Å². The Morgan fingerprint density at radius 2 is 1.66 bits per heavy atom. The van der Waals surface area contributed by atoms with Crippen LogP contribution in [0.5, 0.6) is 0 Å². The van der Waals surface area contributed by atoms with Crippen LogP contribution in [0.1, 0.15) is 37.4 Å². The molecule has 1 N–H and O–H groups in total. The molecule has 2 rings (SSSR count). The van der Waals surface area contributed by atoms with Gasteiger partial charge in [-0.15, -0.1) is 0 Å². The maximum atomic E-state index is 12.5. The third-order valence-electron chi connectivity index (χ3n) is 4.47. The minimum atomic E-state index is -0.611. The second-order valence-electron chi connectivity index (χ2n) is 6.89. The molecule has 2 aromatic carbocycles. The quantitative estimate of drug-likeness (QED) is 0.722. The van der Waals surface area contributed by atoms with Gasteiger partial charge in [-0.1, -0.05) is 23.8 Å². The zero-order valence-electron chi connectivity index (χ0n) is 17.4. The molecule has 0 heterocycles. The van der Waals surface area contributed by atoms with Crippen LogP contribution in [0.4, 0.5) is 5.69 Å². The topological polar surface area (TPSA) is 84.9 Å². The summed E-state index contributed by atoms with van der Waals surface area (Å²) in [5.74, 6) is -1.49. The molecule has 154 valence electrons. The van der Waals surface area contributed by atoms with Crippen LogP contribution < -0.4 is 5.32 Å². The number of nitrogens with one attached hydrogen (secondary N) is 1. The van der Waals surface area contributed by atoms with Crippen LogP contribution in [0.3, 0.4) is 0 Å². The Morgan fingerprint density at radius 3 is 2.28 bits per heavy atom. The number of benzene rings is 2. The molecule has 0 aromatic heterocycles. The second-order valence-corrected chi connectivity index (χ2v) is 6.89. The third-order valence-corrected chi connectivity index (χ3v) is 4.47. The van der Waals surface area contributed by atoms with Gasteiger partial charge >= 0.3 is 11.9 Å². The van der Waals surface area contributed by atoms with E-state index in [0.717, 1.165) is 11.1 Å². The van der Waals surface area contributed by atoms with E-state index in [4.69, 9.17) is 9.47 Å². The molecule has 0 unspecified atom stereocenters. The van der Waals surface area contributed by atoms with Gasteiger partial charge in [0.15, 0.2) is 0 Å². The van der Waals surface area contributed by atoms with Crippen LogP contribution >= 0.6 is 0 Å². The van der Waals surface area contributed by atoms with Gasteiger partial charge in [0, 0.05) is 6.54 Å². The molecular weight excluding hydrogens is 372 g/mol. The summed E-state index contributed by atoms with van der Waals surface area (Å²) in [5.41, 5.74) is 4.06. The van der Waals surface area contributed by atoms with Gasteiger partial charge in [-0.3, -0.25) is 9.69 Å². The fraction of sp³-hybridized carbons (Fsp3) is 0.318. The fourth-order valence-electron chi connectivity index (χ4n) is 2.99. The van der Waals surface area contributed by atoms with Gasteiger partial charge in [0.25, 0.3) is 0 Å². The Hall–Kier alpha value is -3.19.